The molecule has 4 aliphatic rings. The smallest absolute Gasteiger partial charge is 0.332 e. The van der Waals surface area contributed by atoms with Crippen LogP contribution in [0.15, 0.2) is 47.4 Å². The van der Waals surface area contributed by atoms with E-state index in [1.54, 1.807) is 6.08 Å². The monoisotopic (exact) mass is 322 g/mol. The van der Waals surface area contributed by atoms with Crippen molar-refractivity contribution in [3.05, 3.63) is 52.9 Å². The zero-order valence-corrected chi connectivity index (χ0v) is 13.2. The summed E-state index contributed by atoms with van der Waals surface area (Å²) >= 11 is 0. The first-order valence-corrected chi connectivity index (χ1v) is 8.42. The molecule has 1 aliphatic carbocycles. The molecular weight excluding hydrogens is 304 g/mol. The van der Waals surface area contributed by atoms with Crippen molar-refractivity contribution < 1.29 is 14.6 Å². The zero-order chi connectivity index (χ0) is 16.3. The van der Waals surface area contributed by atoms with Crippen LogP contribution in [0.5, 0.6) is 5.75 Å². The van der Waals surface area contributed by atoms with Gasteiger partial charge in [0.05, 0.1) is 11.4 Å². The predicted octanol–water partition coefficient (Wildman–Crippen LogP) is 2.96. The molecular formula is C19H18N2O3. The van der Waals surface area contributed by atoms with Crippen molar-refractivity contribution in [1.29, 1.82) is 0 Å². The van der Waals surface area contributed by atoms with Crippen LogP contribution in [0.4, 0.5) is 5.69 Å². The Hall–Kier alpha value is -2.53. The average Bonchev–Trinajstić information content (AvgIpc) is 3.24. The Kier molecular flexibility index (Phi) is 2.88. The molecule has 1 aromatic carbocycles. The summed E-state index contributed by atoms with van der Waals surface area (Å²) in [5, 5.41) is 9.39. The quantitative estimate of drug-likeness (QED) is 0.907. The van der Waals surface area contributed by atoms with E-state index in [-0.39, 0.29) is 6.17 Å². The summed E-state index contributed by atoms with van der Waals surface area (Å²) < 4.78 is 6.06. The third kappa shape index (κ3) is 1.88. The molecule has 1 fully saturated rings. The number of anilines is 1. The predicted molar refractivity (Wildman–Crippen MR) is 90.5 cm³/mol. The van der Waals surface area contributed by atoms with Gasteiger partial charge in [0.1, 0.15) is 11.9 Å². The molecule has 122 valence electrons. The van der Waals surface area contributed by atoms with E-state index in [2.05, 4.69) is 28.0 Å². The van der Waals surface area contributed by atoms with Crippen molar-refractivity contribution in [1.82, 2.24) is 4.90 Å². The molecule has 5 nitrogen and oxygen atoms in total. The van der Waals surface area contributed by atoms with Gasteiger partial charge in [-0.3, -0.25) is 4.90 Å². The lowest BCUT2D eigenvalue weighted by Gasteiger charge is -2.43. The second kappa shape index (κ2) is 4.98. The maximum atomic E-state index is 11.4. The number of carbonyl (C=O) groups is 1. The molecule has 0 bridgehead atoms. The molecule has 5 rings (SSSR count). The number of nitrogens with zero attached hydrogens (tertiary/aromatic N) is 2. The Labute approximate surface area is 140 Å². The molecule has 0 radical (unpaired) electrons. The number of rotatable bonds is 2. The summed E-state index contributed by atoms with van der Waals surface area (Å²) in [6.45, 7) is 2.14. The fourth-order valence-electron chi connectivity index (χ4n) is 4.10. The van der Waals surface area contributed by atoms with Crippen molar-refractivity contribution in [3.8, 4) is 5.75 Å². The summed E-state index contributed by atoms with van der Waals surface area (Å²) in [4.78, 5) is 16.2. The Balaban J connectivity index is 1.65. The molecule has 1 unspecified atom stereocenters. The number of hydrogen-bond acceptors (Lipinski definition) is 4. The lowest BCUT2D eigenvalue weighted by atomic mass is 10.0. The van der Waals surface area contributed by atoms with E-state index in [0.29, 0.717) is 12.0 Å². The van der Waals surface area contributed by atoms with Crippen LogP contribution >= 0.6 is 0 Å². The van der Waals surface area contributed by atoms with Gasteiger partial charge in [-0.15, -0.1) is 0 Å². The molecule has 0 amide bonds. The van der Waals surface area contributed by atoms with Gasteiger partial charge in [-0.05, 0) is 31.1 Å². The molecule has 3 heterocycles. The third-order valence-corrected chi connectivity index (χ3v) is 5.21. The number of para-hydroxylation sites is 1. The van der Waals surface area contributed by atoms with Gasteiger partial charge in [0, 0.05) is 30.6 Å². The molecule has 3 aliphatic heterocycles. The maximum absolute atomic E-state index is 11.4. The van der Waals surface area contributed by atoms with Crippen LogP contribution in [0.1, 0.15) is 24.8 Å². The Morgan fingerprint density at radius 1 is 1.25 bits per heavy atom. The summed E-state index contributed by atoms with van der Waals surface area (Å²) in [6, 6.07) is 6.03. The van der Waals surface area contributed by atoms with Crippen LogP contribution in [0.3, 0.4) is 0 Å². The van der Waals surface area contributed by atoms with Gasteiger partial charge in [0.15, 0.2) is 5.75 Å². The van der Waals surface area contributed by atoms with E-state index in [1.807, 2.05) is 12.1 Å². The summed E-state index contributed by atoms with van der Waals surface area (Å²) in [5.74, 6) is 0.693. The highest BCUT2D eigenvalue weighted by atomic mass is 16.5. The van der Waals surface area contributed by atoms with Crippen LogP contribution in [0, 0.1) is 0 Å². The van der Waals surface area contributed by atoms with Crippen molar-refractivity contribution >= 4 is 17.7 Å². The van der Waals surface area contributed by atoms with E-state index in [9.17, 15) is 9.90 Å². The van der Waals surface area contributed by atoms with E-state index in [1.165, 1.54) is 12.8 Å². The number of carboxylic acid groups (broad SMARTS) is 1. The second-order valence-corrected chi connectivity index (χ2v) is 6.64. The van der Waals surface area contributed by atoms with Crippen LogP contribution in [0.25, 0.3) is 6.08 Å². The summed E-state index contributed by atoms with van der Waals surface area (Å²) in [6.07, 6.45) is 9.06. The number of hydrogen-bond donors (Lipinski definition) is 1. The number of carboxylic acids is 1. The molecule has 0 spiro atoms. The summed E-state index contributed by atoms with van der Waals surface area (Å²) in [7, 11) is 0. The maximum Gasteiger partial charge on any atom is 0.332 e. The molecule has 0 saturated carbocycles. The molecule has 1 aromatic rings. The van der Waals surface area contributed by atoms with Crippen molar-refractivity contribution in [2.75, 3.05) is 18.0 Å². The number of benzene rings is 1. The number of ether oxygens (including phenoxy) is 1. The topological polar surface area (TPSA) is 53.0 Å². The first-order valence-electron chi connectivity index (χ1n) is 8.42. The molecule has 1 atom stereocenters. The van der Waals surface area contributed by atoms with Crippen molar-refractivity contribution in [2.24, 2.45) is 0 Å². The van der Waals surface area contributed by atoms with Gasteiger partial charge >= 0.3 is 5.97 Å². The van der Waals surface area contributed by atoms with Crippen molar-refractivity contribution in [3.63, 3.8) is 0 Å². The van der Waals surface area contributed by atoms with Gasteiger partial charge in [-0.25, -0.2) is 4.79 Å². The van der Waals surface area contributed by atoms with E-state index in [0.717, 1.165) is 41.5 Å². The standard InChI is InChI=1S/C19H18N2O3/c22-19(23)13-10-14-16(11-13)24-15-5-3-4-12-6-7-17(21(14)18(12)15)20-8-1-2-9-20/h3-7,10,17H,1-2,8-9,11H2,(H,22,23). The molecule has 0 aromatic heterocycles. The van der Waals surface area contributed by atoms with Crippen LogP contribution in [-0.2, 0) is 4.79 Å². The lowest BCUT2D eigenvalue weighted by molar-refractivity contribution is -0.132. The van der Waals surface area contributed by atoms with Gasteiger partial charge in [-0.1, -0.05) is 18.2 Å². The Morgan fingerprint density at radius 3 is 2.88 bits per heavy atom. The normalized spacial score (nSPS) is 24.6. The number of likely N-dealkylation sites (tertiary alicyclic amines) is 1. The van der Waals surface area contributed by atoms with Crippen molar-refractivity contribution in [2.45, 2.75) is 25.4 Å². The number of allylic oxidation sites excluding steroid dienone is 2. The zero-order valence-electron chi connectivity index (χ0n) is 13.2. The Morgan fingerprint density at radius 2 is 2.08 bits per heavy atom. The van der Waals surface area contributed by atoms with E-state index >= 15 is 0 Å². The average molecular weight is 322 g/mol. The largest absolute Gasteiger partial charge is 0.478 e. The minimum absolute atomic E-state index is 0.124. The first-order chi connectivity index (χ1) is 11.7. The van der Waals surface area contributed by atoms with Gasteiger partial charge < -0.3 is 14.7 Å². The molecule has 1 saturated heterocycles. The van der Waals surface area contributed by atoms with Crippen LogP contribution in [0.2, 0.25) is 0 Å². The summed E-state index contributed by atoms with van der Waals surface area (Å²) in [5.41, 5.74) is 3.46. The minimum atomic E-state index is -0.873. The molecule has 24 heavy (non-hydrogen) atoms. The first kappa shape index (κ1) is 13.9. The lowest BCUT2D eigenvalue weighted by Crippen LogP contribution is -2.48. The highest BCUT2D eigenvalue weighted by molar-refractivity contribution is 5.91. The third-order valence-electron chi connectivity index (χ3n) is 5.21. The highest BCUT2D eigenvalue weighted by Gasteiger charge is 2.39. The number of aliphatic carboxylic acids is 1. The number of fused-ring (bicyclic) bond motifs is 1. The fraction of sp³-hybridized carbons (Fsp3) is 0.316. The molecule has 1 N–H and O–H groups in total. The van der Waals surface area contributed by atoms with Crippen LogP contribution in [-0.4, -0.2) is 35.2 Å². The van der Waals surface area contributed by atoms with Gasteiger partial charge in [0.2, 0.25) is 0 Å². The SMILES string of the molecule is O=C(O)C1=CC2=C(C1)Oc1cccc3c1N2C(N1CCCC1)C=C3. The minimum Gasteiger partial charge on any atom is -0.478 e. The van der Waals surface area contributed by atoms with Gasteiger partial charge in [0.25, 0.3) is 0 Å². The Bertz CT molecular complexity index is 831. The fourth-order valence-corrected chi connectivity index (χ4v) is 4.10. The highest BCUT2D eigenvalue weighted by Crippen LogP contribution is 2.48. The van der Waals surface area contributed by atoms with E-state index in [4.69, 9.17) is 4.74 Å². The second-order valence-electron chi connectivity index (χ2n) is 6.64. The van der Waals surface area contributed by atoms with E-state index < -0.39 is 5.97 Å². The van der Waals surface area contributed by atoms with Gasteiger partial charge in [-0.2, -0.15) is 0 Å². The molecule has 5 heteroatoms. The van der Waals surface area contributed by atoms with Crippen LogP contribution < -0.4 is 9.64 Å².